The first-order chi connectivity index (χ1) is 11.5. The summed E-state index contributed by atoms with van der Waals surface area (Å²) >= 11 is 0. The molecule has 2 rings (SSSR count). The van der Waals surface area contributed by atoms with Gasteiger partial charge in [-0.1, -0.05) is 64.2 Å². The van der Waals surface area contributed by atoms with Crippen LogP contribution in [0.2, 0.25) is 51.4 Å². The van der Waals surface area contributed by atoms with Gasteiger partial charge in [-0.15, -0.1) is 0 Å². The van der Waals surface area contributed by atoms with Crippen LogP contribution in [-0.2, 0) is 18.9 Å². The highest BCUT2D eigenvalue weighted by atomic mass is 28.3. The first kappa shape index (κ1) is 21.6. The third kappa shape index (κ3) is 7.42. The maximum Gasteiger partial charge on any atom is 0.412 e. The highest BCUT2D eigenvalue weighted by Crippen LogP contribution is 2.41. The summed E-state index contributed by atoms with van der Waals surface area (Å²) in [7, 11) is -2.00. The number of rotatable bonds is 8. The van der Waals surface area contributed by atoms with Gasteiger partial charge in [0.1, 0.15) is 0 Å². The van der Waals surface area contributed by atoms with E-state index in [1.165, 1.54) is 37.8 Å². The molecule has 0 aromatic carbocycles. The van der Waals surface area contributed by atoms with Gasteiger partial charge in [-0.2, -0.15) is 0 Å². The van der Waals surface area contributed by atoms with Crippen LogP contribution in [0.25, 0.3) is 0 Å². The Morgan fingerprint density at radius 3 is 1.52 bits per heavy atom. The van der Waals surface area contributed by atoms with Crippen molar-refractivity contribution in [2.45, 2.75) is 89.6 Å². The summed E-state index contributed by atoms with van der Waals surface area (Å²) in [5, 5.41) is 0. The van der Waals surface area contributed by atoms with Gasteiger partial charge in [-0.3, -0.25) is 0 Å². The van der Waals surface area contributed by atoms with Gasteiger partial charge in [-0.25, -0.2) is 0 Å². The van der Waals surface area contributed by atoms with Crippen LogP contribution < -0.4 is 0 Å². The first-order valence-corrected chi connectivity index (χ1v) is 17.5. The Morgan fingerprint density at radius 1 is 0.680 bits per heavy atom. The van der Waals surface area contributed by atoms with Crippen LogP contribution in [0.4, 0.5) is 0 Å². The van der Waals surface area contributed by atoms with Gasteiger partial charge >= 0.3 is 6.16 Å². The van der Waals surface area contributed by atoms with E-state index < -0.39 is 22.3 Å². The summed E-state index contributed by atoms with van der Waals surface area (Å²) in [5.41, 5.74) is 0.134. The second kappa shape index (κ2) is 8.52. The van der Waals surface area contributed by atoms with Crippen molar-refractivity contribution in [3.8, 4) is 0 Å². The van der Waals surface area contributed by atoms with E-state index in [0.29, 0.717) is 26.4 Å². The van der Waals surface area contributed by atoms with Gasteiger partial charge in [0.15, 0.2) is 0 Å². The monoisotopic (exact) mass is 388 g/mol. The standard InChI is InChI=1S/C19H40O4Si2/c1-24(2,3)14-7-10-18(11-8-15-25(4,5)6)16-22-19(23-17-18)20-12-9-13-21-19/h7-17H2,1-6H3. The predicted molar refractivity (Wildman–Crippen MR) is 108 cm³/mol. The van der Waals surface area contributed by atoms with Crippen molar-refractivity contribution in [1.82, 2.24) is 0 Å². The van der Waals surface area contributed by atoms with Crippen LogP contribution in [-0.4, -0.2) is 48.7 Å². The molecule has 0 aliphatic carbocycles. The zero-order chi connectivity index (χ0) is 18.6. The molecule has 0 amide bonds. The highest BCUT2D eigenvalue weighted by Gasteiger charge is 2.48. The van der Waals surface area contributed by atoms with Crippen molar-refractivity contribution in [3.63, 3.8) is 0 Å². The molecule has 1 spiro atoms. The molecule has 6 heteroatoms. The molecule has 0 atom stereocenters. The minimum Gasteiger partial charge on any atom is -0.303 e. The quantitative estimate of drug-likeness (QED) is 0.528. The van der Waals surface area contributed by atoms with Gasteiger partial charge in [0.05, 0.1) is 26.4 Å². The van der Waals surface area contributed by atoms with E-state index in [0.717, 1.165) is 6.42 Å². The van der Waals surface area contributed by atoms with Crippen LogP contribution in [0, 0.1) is 5.41 Å². The van der Waals surface area contributed by atoms with E-state index in [4.69, 9.17) is 18.9 Å². The SMILES string of the molecule is C[Si](C)(C)CCCC1(CCC[Si](C)(C)C)COC2(OCCCO2)OC1. The lowest BCUT2D eigenvalue weighted by Crippen LogP contribution is -2.54. The van der Waals surface area contributed by atoms with Gasteiger partial charge < -0.3 is 18.9 Å². The number of hydrogen-bond donors (Lipinski definition) is 0. The van der Waals surface area contributed by atoms with E-state index in [1.54, 1.807) is 0 Å². The summed E-state index contributed by atoms with van der Waals surface area (Å²) in [5.74, 6) is 0. The van der Waals surface area contributed by atoms with Crippen molar-refractivity contribution >= 4 is 16.1 Å². The summed E-state index contributed by atoms with van der Waals surface area (Å²) < 4.78 is 23.4. The van der Waals surface area contributed by atoms with Crippen molar-refractivity contribution in [2.24, 2.45) is 5.41 Å². The topological polar surface area (TPSA) is 36.9 Å². The molecular formula is C19H40O4Si2. The average Bonchev–Trinajstić information content (AvgIpc) is 2.49. The fourth-order valence-electron chi connectivity index (χ4n) is 3.63. The van der Waals surface area contributed by atoms with Crippen molar-refractivity contribution < 1.29 is 18.9 Å². The molecule has 0 aromatic heterocycles. The van der Waals surface area contributed by atoms with E-state index in [1.807, 2.05) is 0 Å². The lowest BCUT2D eigenvalue weighted by molar-refractivity contribution is -0.536. The fraction of sp³-hybridized carbons (Fsp3) is 1.00. The molecule has 0 N–H and O–H groups in total. The third-order valence-corrected chi connectivity index (χ3v) is 8.93. The number of hydrogen-bond acceptors (Lipinski definition) is 4. The maximum absolute atomic E-state index is 6.04. The zero-order valence-corrected chi connectivity index (χ0v) is 19.4. The molecule has 0 saturated carbocycles. The second-order valence-electron chi connectivity index (χ2n) is 10.5. The Labute approximate surface area is 157 Å². The van der Waals surface area contributed by atoms with Gasteiger partial charge in [0, 0.05) is 21.6 Å². The minimum atomic E-state index is -1.21. The Hall–Kier alpha value is 0.274. The molecule has 4 nitrogen and oxygen atoms in total. The molecule has 2 heterocycles. The van der Waals surface area contributed by atoms with E-state index in [2.05, 4.69) is 39.3 Å². The summed E-state index contributed by atoms with van der Waals surface area (Å²) in [6.45, 7) is 17.4. The van der Waals surface area contributed by atoms with Crippen LogP contribution in [0.3, 0.4) is 0 Å². The molecule has 0 aromatic rings. The highest BCUT2D eigenvalue weighted by molar-refractivity contribution is 6.76. The second-order valence-corrected chi connectivity index (χ2v) is 21.7. The van der Waals surface area contributed by atoms with Crippen molar-refractivity contribution in [1.29, 1.82) is 0 Å². The molecule has 2 fully saturated rings. The lowest BCUT2D eigenvalue weighted by atomic mass is 9.80. The smallest absolute Gasteiger partial charge is 0.303 e. The Kier molecular flexibility index (Phi) is 7.36. The molecule has 0 unspecified atom stereocenters. The molecule has 25 heavy (non-hydrogen) atoms. The summed E-state index contributed by atoms with van der Waals surface area (Å²) in [6, 6.07) is 2.75. The lowest BCUT2D eigenvalue weighted by Gasteiger charge is -2.46. The zero-order valence-electron chi connectivity index (χ0n) is 17.4. The van der Waals surface area contributed by atoms with E-state index in [-0.39, 0.29) is 5.41 Å². The molecule has 2 aliphatic rings. The Bertz CT molecular complexity index is 377. The van der Waals surface area contributed by atoms with Gasteiger partial charge in [0.25, 0.3) is 0 Å². The van der Waals surface area contributed by atoms with E-state index >= 15 is 0 Å². The van der Waals surface area contributed by atoms with Crippen LogP contribution in [0.1, 0.15) is 32.1 Å². The minimum absolute atomic E-state index is 0.134. The maximum atomic E-state index is 6.04. The Morgan fingerprint density at radius 2 is 1.12 bits per heavy atom. The van der Waals surface area contributed by atoms with Gasteiger partial charge in [0.2, 0.25) is 0 Å². The average molecular weight is 389 g/mol. The first-order valence-electron chi connectivity index (χ1n) is 10.1. The largest absolute Gasteiger partial charge is 0.412 e. The van der Waals surface area contributed by atoms with Crippen molar-refractivity contribution in [2.75, 3.05) is 26.4 Å². The van der Waals surface area contributed by atoms with E-state index in [9.17, 15) is 0 Å². The molecule has 2 aliphatic heterocycles. The molecule has 148 valence electrons. The molecule has 2 saturated heterocycles. The number of ether oxygens (including phenoxy) is 4. The molecular weight excluding hydrogens is 348 g/mol. The normalized spacial score (nSPS) is 23.8. The fourth-order valence-corrected chi connectivity index (χ4v) is 6.10. The predicted octanol–water partition coefficient (Wildman–Crippen LogP) is 5.30. The van der Waals surface area contributed by atoms with Crippen LogP contribution >= 0.6 is 0 Å². The Balaban J connectivity index is 1.92. The molecule has 0 bridgehead atoms. The molecule has 0 radical (unpaired) electrons. The van der Waals surface area contributed by atoms with Crippen LogP contribution in [0.5, 0.6) is 0 Å². The summed E-state index contributed by atoms with van der Waals surface area (Å²) in [6.07, 6.45) is 4.65. The third-order valence-electron chi connectivity index (χ3n) is 5.22. The summed E-state index contributed by atoms with van der Waals surface area (Å²) in [4.78, 5) is 0. The van der Waals surface area contributed by atoms with Crippen LogP contribution in [0.15, 0.2) is 0 Å². The van der Waals surface area contributed by atoms with Crippen molar-refractivity contribution in [3.05, 3.63) is 0 Å². The van der Waals surface area contributed by atoms with Gasteiger partial charge in [-0.05, 0) is 19.3 Å².